The van der Waals surface area contributed by atoms with Crippen LogP contribution < -0.4 is 4.90 Å². The second-order valence-electron chi connectivity index (χ2n) is 5.07. The van der Waals surface area contributed by atoms with Gasteiger partial charge in [0.15, 0.2) is 0 Å². The summed E-state index contributed by atoms with van der Waals surface area (Å²) in [6, 6.07) is 7.51. The number of hydrogen-bond acceptors (Lipinski definition) is 3. The summed E-state index contributed by atoms with van der Waals surface area (Å²) in [5.74, 6) is -0.870. The Labute approximate surface area is 111 Å². The molecule has 0 saturated carbocycles. The van der Waals surface area contributed by atoms with Crippen LogP contribution in [0.4, 0.5) is 10.5 Å². The number of hydrogen-bond donors (Lipinski definition) is 1. The highest BCUT2D eigenvalue weighted by atomic mass is 16.6. The first-order chi connectivity index (χ1) is 8.94. The summed E-state index contributed by atoms with van der Waals surface area (Å²) in [6.07, 6.45) is -0.0417. The Morgan fingerprint density at radius 2 is 2.16 bits per heavy atom. The molecule has 5 nitrogen and oxygen atoms in total. The molecule has 2 rings (SSSR count). The third kappa shape index (κ3) is 2.54. The van der Waals surface area contributed by atoms with Gasteiger partial charge in [-0.3, -0.25) is 9.69 Å². The minimum absolute atomic E-state index is 0.00945. The van der Waals surface area contributed by atoms with E-state index in [0.717, 1.165) is 11.3 Å². The summed E-state index contributed by atoms with van der Waals surface area (Å²) in [7, 11) is 0. The predicted molar refractivity (Wildman–Crippen MR) is 70.3 cm³/mol. The average Bonchev–Trinajstić information content (AvgIpc) is 2.65. The third-order valence-corrected chi connectivity index (χ3v) is 3.46. The van der Waals surface area contributed by atoms with E-state index in [1.807, 2.05) is 38.1 Å². The summed E-state index contributed by atoms with van der Waals surface area (Å²) in [5.41, 5.74) is 1.13. The van der Waals surface area contributed by atoms with E-state index >= 15 is 0 Å². The zero-order valence-electron chi connectivity index (χ0n) is 11.0. The standard InChI is InChI=1S/C14H17NO4/c1-10-5-3-4-6-11(10)15-13(18)19-9-14(15,2)8-7-12(16)17/h3-6H,7-9H2,1-2H3,(H,16,17). The van der Waals surface area contributed by atoms with Gasteiger partial charge in [0, 0.05) is 6.42 Å². The maximum Gasteiger partial charge on any atom is 0.415 e. The number of carboxylic acids is 1. The van der Waals surface area contributed by atoms with Gasteiger partial charge in [-0.15, -0.1) is 0 Å². The molecule has 1 N–H and O–H groups in total. The lowest BCUT2D eigenvalue weighted by Gasteiger charge is -2.32. The average molecular weight is 263 g/mol. The zero-order chi connectivity index (χ0) is 14.0. The Kier molecular flexibility index (Phi) is 3.46. The molecule has 1 fully saturated rings. The molecule has 102 valence electrons. The number of ether oxygens (including phenoxy) is 1. The van der Waals surface area contributed by atoms with Crippen LogP contribution in [0.5, 0.6) is 0 Å². The van der Waals surface area contributed by atoms with Crippen molar-refractivity contribution >= 4 is 17.7 Å². The number of nitrogens with zero attached hydrogens (tertiary/aromatic N) is 1. The maximum absolute atomic E-state index is 11.9. The number of anilines is 1. The number of para-hydroxylation sites is 1. The fourth-order valence-corrected chi connectivity index (χ4v) is 2.33. The van der Waals surface area contributed by atoms with Crippen LogP contribution in [0.2, 0.25) is 0 Å². The van der Waals surface area contributed by atoms with Crippen LogP contribution in [0.3, 0.4) is 0 Å². The van der Waals surface area contributed by atoms with Gasteiger partial charge in [-0.1, -0.05) is 18.2 Å². The monoisotopic (exact) mass is 263 g/mol. The largest absolute Gasteiger partial charge is 0.481 e. The Balaban J connectivity index is 2.32. The minimum Gasteiger partial charge on any atom is -0.481 e. The number of amides is 1. The molecule has 1 unspecified atom stereocenters. The van der Waals surface area contributed by atoms with Crippen LogP contribution in [0.15, 0.2) is 24.3 Å². The molecule has 1 aliphatic heterocycles. The van der Waals surface area contributed by atoms with Crippen molar-refractivity contribution in [3.05, 3.63) is 29.8 Å². The van der Waals surface area contributed by atoms with E-state index in [9.17, 15) is 9.59 Å². The van der Waals surface area contributed by atoms with Crippen LogP contribution in [0, 0.1) is 6.92 Å². The zero-order valence-corrected chi connectivity index (χ0v) is 11.0. The van der Waals surface area contributed by atoms with Gasteiger partial charge in [0.1, 0.15) is 6.61 Å². The normalized spacial score (nSPS) is 22.4. The number of carbonyl (C=O) groups excluding carboxylic acids is 1. The summed E-state index contributed by atoms with van der Waals surface area (Å²) in [6.45, 7) is 3.99. The Morgan fingerprint density at radius 1 is 1.47 bits per heavy atom. The summed E-state index contributed by atoms with van der Waals surface area (Å²) >= 11 is 0. The van der Waals surface area contributed by atoms with Gasteiger partial charge in [-0.25, -0.2) is 4.79 Å². The second kappa shape index (κ2) is 4.91. The Morgan fingerprint density at radius 3 is 2.79 bits per heavy atom. The van der Waals surface area contributed by atoms with Gasteiger partial charge in [0.05, 0.1) is 11.2 Å². The molecule has 0 radical (unpaired) electrons. The molecule has 0 spiro atoms. The first-order valence-corrected chi connectivity index (χ1v) is 6.18. The van der Waals surface area contributed by atoms with Crippen LogP contribution in [-0.4, -0.2) is 29.3 Å². The van der Waals surface area contributed by atoms with Crippen LogP contribution in [-0.2, 0) is 9.53 Å². The van der Waals surface area contributed by atoms with Crippen LogP contribution in [0.1, 0.15) is 25.3 Å². The van der Waals surface area contributed by atoms with Gasteiger partial charge >= 0.3 is 12.1 Å². The number of carbonyl (C=O) groups is 2. The summed E-state index contributed by atoms with van der Waals surface area (Å²) in [5, 5.41) is 8.82. The number of carboxylic acid groups (broad SMARTS) is 1. The van der Waals surface area contributed by atoms with Crippen molar-refractivity contribution in [3.8, 4) is 0 Å². The lowest BCUT2D eigenvalue weighted by atomic mass is 9.94. The minimum atomic E-state index is -0.870. The number of aliphatic carboxylic acids is 1. The van der Waals surface area contributed by atoms with Crippen molar-refractivity contribution in [2.75, 3.05) is 11.5 Å². The van der Waals surface area contributed by atoms with Gasteiger partial charge in [-0.05, 0) is 31.9 Å². The molecule has 1 heterocycles. The lowest BCUT2D eigenvalue weighted by Crippen LogP contribution is -2.45. The summed E-state index contributed by atoms with van der Waals surface area (Å²) < 4.78 is 5.12. The van der Waals surface area contributed by atoms with Gasteiger partial charge in [0.2, 0.25) is 0 Å². The molecule has 0 bridgehead atoms. The van der Waals surface area contributed by atoms with E-state index in [-0.39, 0.29) is 13.0 Å². The van der Waals surface area contributed by atoms with Gasteiger partial charge in [0.25, 0.3) is 0 Å². The molecule has 1 amide bonds. The fourth-order valence-electron chi connectivity index (χ4n) is 2.33. The number of cyclic esters (lactones) is 1. The van der Waals surface area contributed by atoms with Crippen molar-refractivity contribution < 1.29 is 19.4 Å². The molecule has 1 aromatic carbocycles. The molecule has 1 saturated heterocycles. The number of aryl methyl sites for hydroxylation is 1. The van der Waals surface area contributed by atoms with E-state index in [2.05, 4.69) is 0 Å². The smallest absolute Gasteiger partial charge is 0.415 e. The number of rotatable bonds is 4. The van der Waals surface area contributed by atoms with E-state index in [4.69, 9.17) is 9.84 Å². The van der Waals surface area contributed by atoms with Crippen molar-refractivity contribution in [1.29, 1.82) is 0 Å². The van der Waals surface area contributed by atoms with E-state index in [0.29, 0.717) is 6.42 Å². The molecule has 0 aromatic heterocycles. The summed E-state index contributed by atoms with van der Waals surface area (Å²) in [4.78, 5) is 24.3. The first-order valence-electron chi connectivity index (χ1n) is 6.18. The SMILES string of the molecule is Cc1ccccc1N1C(=O)OCC1(C)CCC(=O)O. The van der Waals surface area contributed by atoms with E-state index in [1.165, 1.54) is 0 Å². The molecule has 1 aromatic rings. The quantitative estimate of drug-likeness (QED) is 0.906. The van der Waals surface area contributed by atoms with Crippen molar-refractivity contribution in [2.24, 2.45) is 0 Å². The Bertz CT molecular complexity index is 514. The van der Waals surface area contributed by atoms with Gasteiger partial charge < -0.3 is 9.84 Å². The van der Waals surface area contributed by atoms with Crippen LogP contribution in [0.25, 0.3) is 0 Å². The molecular formula is C14H17NO4. The van der Waals surface area contributed by atoms with E-state index < -0.39 is 17.6 Å². The highest BCUT2D eigenvalue weighted by Crippen LogP contribution is 2.35. The molecule has 0 aliphatic carbocycles. The van der Waals surface area contributed by atoms with E-state index in [1.54, 1.807) is 4.90 Å². The lowest BCUT2D eigenvalue weighted by molar-refractivity contribution is -0.137. The molecular weight excluding hydrogens is 246 g/mol. The second-order valence-corrected chi connectivity index (χ2v) is 5.07. The highest BCUT2D eigenvalue weighted by molar-refractivity contribution is 5.92. The molecule has 5 heteroatoms. The fraction of sp³-hybridized carbons (Fsp3) is 0.429. The Hall–Kier alpha value is -2.04. The van der Waals surface area contributed by atoms with Crippen LogP contribution >= 0.6 is 0 Å². The molecule has 1 aliphatic rings. The molecule has 1 atom stereocenters. The van der Waals surface area contributed by atoms with Crippen molar-refractivity contribution in [1.82, 2.24) is 0 Å². The number of benzene rings is 1. The predicted octanol–water partition coefficient (Wildman–Crippen LogP) is 2.58. The van der Waals surface area contributed by atoms with Crippen molar-refractivity contribution in [3.63, 3.8) is 0 Å². The first kappa shape index (κ1) is 13.4. The maximum atomic E-state index is 11.9. The van der Waals surface area contributed by atoms with Crippen molar-refractivity contribution in [2.45, 2.75) is 32.2 Å². The van der Waals surface area contributed by atoms with Gasteiger partial charge in [-0.2, -0.15) is 0 Å². The third-order valence-electron chi connectivity index (χ3n) is 3.46. The highest BCUT2D eigenvalue weighted by Gasteiger charge is 2.45. The molecule has 19 heavy (non-hydrogen) atoms. The topological polar surface area (TPSA) is 66.8 Å².